The number of hydrogen-bond acceptors (Lipinski definition) is 5. The fraction of sp³-hybridized carbons (Fsp3) is 0.556. The summed E-state index contributed by atoms with van der Waals surface area (Å²) in [5.74, 6) is 1.22. The summed E-state index contributed by atoms with van der Waals surface area (Å²) < 4.78 is 0. The normalized spacial score (nSPS) is 22.0. The Morgan fingerprint density at radius 2 is 2.17 bits per heavy atom. The van der Waals surface area contributed by atoms with E-state index in [2.05, 4.69) is 16.0 Å². The van der Waals surface area contributed by atoms with Crippen LogP contribution in [0.2, 0.25) is 0 Å². The lowest BCUT2D eigenvalue weighted by Crippen LogP contribution is -2.33. The number of nitrogens with zero attached hydrogens (tertiary/aromatic N) is 3. The molecule has 2 aliphatic rings. The maximum atomic E-state index is 5.80. The molecule has 23 heavy (non-hydrogen) atoms. The van der Waals surface area contributed by atoms with E-state index in [1.165, 1.54) is 61.3 Å². The number of piperidine rings is 1. The molecule has 0 spiro atoms. The second-order valence-corrected chi connectivity index (χ2v) is 7.91. The first kappa shape index (κ1) is 15.1. The molecule has 2 aromatic rings. The zero-order chi connectivity index (χ0) is 15.6. The van der Waals surface area contributed by atoms with Crippen molar-refractivity contribution in [2.45, 2.75) is 51.0 Å². The molecule has 0 saturated carbocycles. The molecule has 1 fully saturated rings. The van der Waals surface area contributed by atoms with Gasteiger partial charge in [-0.3, -0.25) is 4.90 Å². The molecule has 1 aliphatic carbocycles. The SMILES string of the molecule is Nc1cc(CN2CCC[C@H](c3nc4c(s3)CCCC4)C2)ccn1. The van der Waals surface area contributed by atoms with Crippen molar-refractivity contribution in [3.8, 4) is 0 Å². The van der Waals surface area contributed by atoms with Gasteiger partial charge in [-0.15, -0.1) is 11.3 Å². The predicted octanol–water partition coefficient (Wildman–Crippen LogP) is 3.38. The lowest BCUT2D eigenvalue weighted by atomic mass is 9.98. The summed E-state index contributed by atoms with van der Waals surface area (Å²) >= 11 is 1.98. The molecule has 0 radical (unpaired) electrons. The first-order valence-electron chi connectivity index (χ1n) is 8.69. The van der Waals surface area contributed by atoms with E-state index in [-0.39, 0.29) is 0 Å². The van der Waals surface area contributed by atoms with E-state index in [1.54, 1.807) is 11.1 Å². The van der Waals surface area contributed by atoms with Crippen LogP contribution in [0.5, 0.6) is 0 Å². The molecule has 122 valence electrons. The maximum Gasteiger partial charge on any atom is 0.123 e. The molecule has 2 N–H and O–H groups in total. The van der Waals surface area contributed by atoms with Crippen molar-refractivity contribution < 1.29 is 0 Å². The van der Waals surface area contributed by atoms with Crippen molar-refractivity contribution in [2.75, 3.05) is 18.8 Å². The third kappa shape index (κ3) is 3.40. The maximum absolute atomic E-state index is 5.80. The third-order valence-corrected chi connectivity index (χ3v) is 6.29. The number of thiazole rings is 1. The molecule has 1 atom stereocenters. The molecule has 1 saturated heterocycles. The molecular weight excluding hydrogens is 304 g/mol. The van der Waals surface area contributed by atoms with Crippen LogP contribution in [0.4, 0.5) is 5.82 Å². The highest BCUT2D eigenvalue weighted by atomic mass is 32.1. The second kappa shape index (κ2) is 6.57. The van der Waals surface area contributed by atoms with E-state index < -0.39 is 0 Å². The second-order valence-electron chi connectivity index (χ2n) is 6.79. The minimum absolute atomic E-state index is 0.610. The van der Waals surface area contributed by atoms with E-state index >= 15 is 0 Å². The van der Waals surface area contributed by atoms with E-state index in [0.717, 1.165) is 13.1 Å². The van der Waals surface area contributed by atoms with Gasteiger partial charge in [-0.05, 0) is 62.8 Å². The molecule has 5 heteroatoms. The Morgan fingerprint density at radius 1 is 1.26 bits per heavy atom. The molecule has 2 aromatic heterocycles. The van der Waals surface area contributed by atoms with Crippen LogP contribution in [0.3, 0.4) is 0 Å². The zero-order valence-corrected chi connectivity index (χ0v) is 14.3. The Hall–Kier alpha value is -1.46. The average molecular weight is 328 g/mol. The van der Waals surface area contributed by atoms with Crippen LogP contribution >= 0.6 is 11.3 Å². The van der Waals surface area contributed by atoms with Gasteiger partial charge in [-0.1, -0.05) is 0 Å². The van der Waals surface area contributed by atoms with Gasteiger partial charge in [0.1, 0.15) is 5.82 Å². The van der Waals surface area contributed by atoms with Crippen LogP contribution in [0.1, 0.15) is 52.7 Å². The number of pyridine rings is 1. The van der Waals surface area contributed by atoms with Crippen LogP contribution in [0.15, 0.2) is 18.3 Å². The van der Waals surface area contributed by atoms with Crippen molar-refractivity contribution in [3.05, 3.63) is 39.5 Å². The highest BCUT2D eigenvalue weighted by Gasteiger charge is 2.26. The number of likely N-dealkylation sites (tertiary alicyclic amines) is 1. The summed E-state index contributed by atoms with van der Waals surface area (Å²) in [7, 11) is 0. The van der Waals surface area contributed by atoms with Gasteiger partial charge in [-0.25, -0.2) is 9.97 Å². The highest BCUT2D eigenvalue weighted by Crippen LogP contribution is 2.34. The van der Waals surface area contributed by atoms with Gasteiger partial charge in [-0.2, -0.15) is 0 Å². The number of rotatable bonds is 3. The van der Waals surface area contributed by atoms with Crippen LogP contribution in [0.25, 0.3) is 0 Å². The lowest BCUT2D eigenvalue weighted by molar-refractivity contribution is 0.200. The molecule has 0 bridgehead atoms. The first-order chi connectivity index (χ1) is 11.3. The molecule has 3 heterocycles. The highest BCUT2D eigenvalue weighted by molar-refractivity contribution is 7.11. The van der Waals surface area contributed by atoms with Crippen LogP contribution in [-0.2, 0) is 19.4 Å². The van der Waals surface area contributed by atoms with Crippen molar-refractivity contribution in [1.29, 1.82) is 0 Å². The van der Waals surface area contributed by atoms with Crippen molar-refractivity contribution >= 4 is 17.2 Å². The minimum Gasteiger partial charge on any atom is -0.384 e. The largest absolute Gasteiger partial charge is 0.384 e. The molecule has 4 rings (SSSR count). The van der Waals surface area contributed by atoms with Crippen molar-refractivity contribution in [3.63, 3.8) is 0 Å². The number of nitrogen functional groups attached to an aromatic ring is 1. The van der Waals surface area contributed by atoms with Crippen molar-refractivity contribution in [1.82, 2.24) is 14.9 Å². The Balaban J connectivity index is 1.45. The quantitative estimate of drug-likeness (QED) is 0.938. The summed E-state index contributed by atoms with van der Waals surface area (Å²) in [6.07, 6.45) is 9.45. The van der Waals surface area contributed by atoms with Crippen LogP contribution < -0.4 is 5.73 Å². The summed E-state index contributed by atoms with van der Waals surface area (Å²) in [4.78, 5) is 13.2. The van der Waals surface area contributed by atoms with Gasteiger partial charge >= 0.3 is 0 Å². The Labute approximate surface area is 141 Å². The van der Waals surface area contributed by atoms with Crippen LogP contribution in [-0.4, -0.2) is 28.0 Å². The van der Waals surface area contributed by atoms with Gasteiger partial charge in [0.15, 0.2) is 0 Å². The number of aromatic nitrogens is 2. The topological polar surface area (TPSA) is 55.0 Å². The average Bonchev–Trinajstić information content (AvgIpc) is 2.99. The number of hydrogen-bond donors (Lipinski definition) is 1. The van der Waals surface area contributed by atoms with Gasteiger partial charge in [0.25, 0.3) is 0 Å². The van der Waals surface area contributed by atoms with E-state index in [0.29, 0.717) is 11.7 Å². The van der Waals surface area contributed by atoms with Crippen LogP contribution in [0, 0.1) is 0 Å². The molecule has 0 aromatic carbocycles. The smallest absolute Gasteiger partial charge is 0.123 e. The summed E-state index contributed by atoms with van der Waals surface area (Å²) in [5.41, 5.74) is 8.46. The van der Waals surface area contributed by atoms with E-state index in [4.69, 9.17) is 10.7 Å². The summed E-state index contributed by atoms with van der Waals surface area (Å²) in [5, 5.41) is 1.39. The van der Waals surface area contributed by atoms with E-state index in [1.807, 2.05) is 17.4 Å². The Bertz CT molecular complexity index is 658. The number of anilines is 1. The summed E-state index contributed by atoms with van der Waals surface area (Å²) in [6.45, 7) is 3.26. The molecule has 0 amide bonds. The standard InChI is InChI=1S/C18H24N4S/c19-17-10-13(7-8-20-17)11-22-9-3-4-14(12-22)18-21-15-5-1-2-6-16(15)23-18/h7-8,10,14H,1-6,9,11-12H2,(H2,19,20)/t14-/m0/s1. The minimum atomic E-state index is 0.610. The molecule has 4 nitrogen and oxygen atoms in total. The van der Waals surface area contributed by atoms with E-state index in [9.17, 15) is 0 Å². The van der Waals surface area contributed by atoms with Gasteiger partial charge in [0, 0.05) is 30.1 Å². The Morgan fingerprint density at radius 3 is 3.04 bits per heavy atom. The lowest BCUT2D eigenvalue weighted by Gasteiger charge is -2.31. The fourth-order valence-electron chi connectivity index (χ4n) is 3.80. The first-order valence-corrected chi connectivity index (χ1v) is 9.51. The monoisotopic (exact) mass is 328 g/mol. The molecule has 0 unspecified atom stereocenters. The Kier molecular flexibility index (Phi) is 4.31. The van der Waals surface area contributed by atoms with Crippen molar-refractivity contribution in [2.24, 2.45) is 0 Å². The van der Waals surface area contributed by atoms with Gasteiger partial charge in [0.05, 0.1) is 10.7 Å². The summed E-state index contributed by atoms with van der Waals surface area (Å²) in [6, 6.07) is 4.06. The number of aryl methyl sites for hydroxylation is 2. The molecular formula is C18H24N4S. The number of nitrogens with two attached hydrogens (primary N) is 1. The van der Waals surface area contributed by atoms with Gasteiger partial charge in [0.2, 0.25) is 0 Å². The van der Waals surface area contributed by atoms with Gasteiger partial charge < -0.3 is 5.73 Å². The zero-order valence-electron chi connectivity index (χ0n) is 13.5. The molecule has 1 aliphatic heterocycles. The predicted molar refractivity (Wildman–Crippen MR) is 94.7 cm³/mol. The number of fused-ring (bicyclic) bond motifs is 1. The fourth-order valence-corrected chi connectivity index (χ4v) is 5.08. The third-order valence-electron chi connectivity index (χ3n) is 4.97.